The summed E-state index contributed by atoms with van der Waals surface area (Å²) in [5, 5.41) is 2.86. The Morgan fingerprint density at radius 2 is 2.12 bits per heavy atom. The molecule has 0 aromatic rings. The van der Waals surface area contributed by atoms with Crippen LogP contribution in [0.25, 0.3) is 0 Å². The maximum Gasteiger partial charge on any atom is 0.407 e. The highest BCUT2D eigenvalue weighted by atomic mass is 16.6. The highest BCUT2D eigenvalue weighted by Gasteiger charge is 2.27. The van der Waals surface area contributed by atoms with Crippen LogP contribution in [-0.4, -0.2) is 41.8 Å². The third-order valence-corrected chi connectivity index (χ3v) is 2.97. The smallest absolute Gasteiger partial charge is 0.407 e. The van der Waals surface area contributed by atoms with Gasteiger partial charge in [0.25, 0.3) is 0 Å². The van der Waals surface area contributed by atoms with Gasteiger partial charge >= 0.3 is 6.09 Å². The molecule has 1 saturated heterocycles. The zero-order valence-electron chi connectivity index (χ0n) is 11.7. The summed E-state index contributed by atoms with van der Waals surface area (Å²) in [7, 11) is 0. The van der Waals surface area contributed by atoms with Gasteiger partial charge in [0.05, 0.1) is 0 Å². The molecule has 17 heavy (non-hydrogen) atoms. The van der Waals surface area contributed by atoms with Crippen LogP contribution in [0.3, 0.4) is 0 Å². The molecule has 1 atom stereocenters. The number of carbonyl (C=O) groups is 1. The molecule has 0 saturated carbocycles. The van der Waals surface area contributed by atoms with Crippen LogP contribution in [0.15, 0.2) is 0 Å². The van der Waals surface area contributed by atoms with Crippen LogP contribution in [-0.2, 0) is 4.74 Å². The number of alkyl carbamates (subject to hydrolysis) is 1. The van der Waals surface area contributed by atoms with Crippen LogP contribution < -0.4 is 5.32 Å². The van der Waals surface area contributed by atoms with Crippen LogP contribution in [0.2, 0.25) is 0 Å². The standard InChI is InChI=1S/C13H26N2O2/c1-10(2)15-8-6-7-11(15)9-14-12(16)17-13(3,4)5/h10-11H,6-9H2,1-5H3,(H,14,16)/t11-/m0/s1. The molecule has 1 aliphatic rings. The van der Waals surface area contributed by atoms with Crippen LogP contribution in [0.4, 0.5) is 4.79 Å². The minimum Gasteiger partial charge on any atom is -0.444 e. The lowest BCUT2D eigenvalue weighted by Gasteiger charge is -2.28. The van der Waals surface area contributed by atoms with Crippen molar-refractivity contribution in [3.05, 3.63) is 0 Å². The van der Waals surface area contributed by atoms with Gasteiger partial charge in [-0.2, -0.15) is 0 Å². The molecule has 100 valence electrons. The molecule has 0 aromatic carbocycles. The molecular weight excluding hydrogens is 216 g/mol. The van der Waals surface area contributed by atoms with E-state index in [4.69, 9.17) is 4.74 Å². The number of nitrogens with one attached hydrogen (secondary N) is 1. The van der Waals surface area contributed by atoms with E-state index < -0.39 is 5.60 Å². The number of rotatable bonds is 3. The molecule has 1 aliphatic heterocycles. The summed E-state index contributed by atoms with van der Waals surface area (Å²) in [5.41, 5.74) is -0.419. The third-order valence-electron chi connectivity index (χ3n) is 2.97. The minimum atomic E-state index is -0.419. The topological polar surface area (TPSA) is 41.6 Å². The van der Waals surface area contributed by atoms with Crippen molar-refractivity contribution in [2.75, 3.05) is 13.1 Å². The van der Waals surface area contributed by atoms with E-state index in [1.165, 1.54) is 6.42 Å². The number of likely N-dealkylation sites (tertiary alicyclic amines) is 1. The second-order valence-electron chi connectivity index (χ2n) is 6.01. The van der Waals surface area contributed by atoms with E-state index in [2.05, 4.69) is 24.1 Å². The number of hydrogen-bond donors (Lipinski definition) is 1. The van der Waals surface area contributed by atoms with Crippen molar-refractivity contribution in [1.29, 1.82) is 0 Å². The van der Waals surface area contributed by atoms with Crippen molar-refractivity contribution in [2.24, 2.45) is 0 Å². The molecule has 1 rings (SSSR count). The lowest BCUT2D eigenvalue weighted by atomic mass is 10.2. The SMILES string of the molecule is CC(C)N1CCC[C@H]1CNC(=O)OC(C)(C)C. The van der Waals surface area contributed by atoms with Crippen molar-refractivity contribution < 1.29 is 9.53 Å². The Labute approximate surface area is 105 Å². The van der Waals surface area contributed by atoms with E-state index in [1.807, 2.05) is 20.8 Å². The fourth-order valence-electron chi connectivity index (χ4n) is 2.27. The summed E-state index contributed by atoms with van der Waals surface area (Å²) in [6.07, 6.45) is 2.07. The van der Waals surface area contributed by atoms with E-state index in [0.29, 0.717) is 18.6 Å². The molecule has 1 N–H and O–H groups in total. The van der Waals surface area contributed by atoms with Gasteiger partial charge in [-0.25, -0.2) is 4.79 Å². The molecule has 1 amide bonds. The van der Waals surface area contributed by atoms with Crippen molar-refractivity contribution >= 4 is 6.09 Å². The summed E-state index contributed by atoms with van der Waals surface area (Å²) in [5.74, 6) is 0. The highest BCUT2D eigenvalue weighted by Crippen LogP contribution is 2.19. The molecule has 0 aromatic heterocycles. The zero-order valence-corrected chi connectivity index (χ0v) is 11.7. The van der Waals surface area contributed by atoms with Crippen molar-refractivity contribution in [2.45, 2.75) is 65.1 Å². The monoisotopic (exact) mass is 242 g/mol. The van der Waals surface area contributed by atoms with Gasteiger partial charge < -0.3 is 10.1 Å². The zero-order chi connectivity index (χ0) is 13.1. The predicted octanol–water partition coefficient (Wildman–Crippen LogP) is 2.38. The van der Waals surface area contributed by atoms with E-state index in [-0.39, 0.29) is 6.09 Å². The van der Waals surface area contributed by atoms with E-state index in [0.717, 1.165) is 13.0 Å². The molecule has 0 unspecified atom stereocenters. The first kappa shape index (κ1) is 14.3. The van der Waals surface area contributed by atoms with Gasteiger partial charge in [-0.3, -0.25) is 4.90 Å². The normalized spacial score (nSPS) is 21.9. The summed E-state index contributed by atoms with van der Waals surface area (Å²) in [6.45, 7) is 11.9. The number of amides is 1. The molecule has 1 heterocycles. The van der Waals surface area contributed by atoms with Gasteiger partial charge in [0.15, 0.2) is 0 Å². The Kier molecular flexibility index (Phi) is 4.80. The maximum atomic E-state index is 11.5. The molecule has 0 radical (unpaired) electrons. The minimum absolute atomic E-state index is 0.312. The molecule has 4 nitrogen and oxygen atoms in total. The largest absolute Gasteiger partial charge is 0.444 e. The predicted molar refractivity (Wildman–Crippen MR) is 69.1 cm³/mol. The first-order valence-electron chi connectivity index (χ1n) is 6.52. The van der Waals surface area contributed by atoms with Crippen molar-refractivity contribution in [1.82, 2.24) is 10.2 Å². The van der Waals surface area contributed by atoms with Gasteiger partial charge in [0.2, 0.25) is 0 Å². The highest BCUT2D eigenvalue weighted by molar-refractivity contribution is 5.67. The van der Waals surface area contributed by atoms with Crippen LogP contribution in [0, 0.1) is 0 Å². The van der Waals surface area contributed by atoms with Crippen molar-refractivity contribution in [3.63, 3.8) is 0 Å². The third kappa shape index (κ3) is 4.94. The summed E-state index contributed by atoms with van der Waals surface area (Å²) in [6, 6.07) is 1.01. The quantitative estimate of drug-likeness (QED) is 0.826. The Morgan fingerprint density at radius 3 is 2.65 bits per heavy atom. The van der Waals surface area contributed by atoms with Crippen LogP contribution in [0.1, 0.15) is 47.5 Å². The molecule has 0 spiro atoms. The van der Waals surface area contributed by atoms with Gasteiger partial charge in [0, 0.05) is 18.6 Å². The number of carbonyl (C=O) groups excluding carboxylic acids is 1. The maximum absolute atomic E-state index is 11.5. The second-order valence-corrected chi connectivity index (χ2v) is 6.01. The molecule has 1 fully saturated rings. The lowest BCUT2D eigenvalue weighted by Crippen LogP contribution is -2.44. The average molecular weight is 242 g/mol. The summed E-state index contributed by atoms with van der Waals surface area (Å²) >= 11 is 0. The Balaban J connectivity index is 2.33. The Hall–Kier alpha value is -0.770. The Bertz CT molecular complexity index is 259. The Morgan fingerprint density at radius 1 is 1.47 bits per heavy atom. The van der Waals surface area contributed by atoms with Gasteiger partial charge in [-0.15, -0.1) is 0 Å². The average Bonchev–Trinajstić information content (AvgIpc) is 2.59. The molecule has 0 bridgehead atoms. The summed E-state index contributed by atoms with van der Waals surface area (Å²) in [4.78, 5) is 14.0. The van der Waals surface area contributed by atoms with Crippen LogP contribution in [0.5, 0.6) is 0 Å². The van der Waals surface area contributed by atoms with Gasteiger partial charge in [-0.05, 0) is 54.0 Å². The molecule has 4 heteroatoms. The lowest BCUT2D eigenvalue weighted by molar-refractivity contribution is 0.0509. The molecular formula is C13H26N2O2. The number of ether oxygens (including phenoxy) is 1. The summed E-state index contributed by atoms with van der Waals surface area (Å²) < 4.78 is 5.22. The van der Waals surface area contributed by atoms with Crippen molar-refractivity contribution in [3.8, 4) is 0 Å². The van der Waals surface area contributed by atoms with E-state index >= 15 is 0 Å². The molecule has 0 aliphatic carbocycles. The van der Waals surface area contributed by atoms with E-state index in [9.17, 15) is 4.79 Å². The first-order chi connectivity index (χ1) is 7.79. The number of hydrogen-bond acceptors (Lipinski definition) is 3. The van der Waals surface area contributed by atoms with Gasteiger partial charge in [-0.1, -0.05) is 0 Å². The van der Waals surface area contributed by atoms with E-state index in [1.54, 1.807) is 0 Å². The first-order valence-corrected chi connectivity index (χ1v) is 6.52. The number of nitrogens with zero attached hydrogens (tertiary/aromatic N) is 1. The fraction of sp³-hybridized carbons (Fsp3) is 0.923. The second kappa shape index (κ2) is 5.71. The van der Waals surface area contributed by atoms with Gasteiger partial charge in [0.1, 0.15) is 5.60 Å². The fourth-order valence-corrected chi connectivity index (χ4v) is 2.27. The van der Waals surface area contributed by atoms with Crippen LogP contribution >= 0.6 is 0 Å².